The number of nitrogens with zero attached hydrogens (tertiary/aromatic N) is 2. The Morgan fingerprint density at radius 1 is 0.837 bits per heavy atom. The van der Waals surface area contributed by atoms with Crippen molar-refractivity contribution in [1.82, 2.24) is 30.4 Å². The van der Waals surface area contributed by atoms with Crippen LogP contribution in [0.4, 0.5) is 9.59 Å². The molecule has 2 aliphatic rings. The molecule has 10 heteroatoms. The lowest BCUT2D eigenvalue weighted by atomic mass is 10.0. The Bertz CT molecular complexity index is 1520. The van der Waals surface area contributed by atoms with Gasteiger partial charge in [0.2, 0.25) is 0 Å². The molecule has 43 heavy (non-hydrogen) atoms. The van der Waals surface area contributed by atoms with Crippen molar-refractivity contribution in [2.45, 2.75) is 51.5 Å². The van der Waals surface area contributed by atoms with Crippen molar-refractivity contribution >= 4 is 34.0 Å². The highest BCUT2D eigenvalue weighted by atomic mass is 16.6. The topological polar surface area (TPSA) is 115 Å². The van der Waals surface area contributed by atoms with Crippen LogP contribution in [0, 0.1) is 6.92 Å². The SMILES string of the molecule is CN1CCCC1.Cc1c[nH]c2cccc(OC(=O)NCCCNC(=O)Oc3cccc4[nH]cc(CC5CCCN5C)c34)c12. The lowest BCUT2D eigenvalue weighted by Gasteiger charge is -2.19. The number of benzene rings is 2. The number of H-pyrrole nitrogens is 2. The molecule has 2 fully saturated rings. The van der Waals surface area contributed by atoms with Gasteiger partial charge in [-0.1, -0.05) is 12.1 Å². The lowest BCUT2D eigenvalue weighted by molar-refractivity contribution is 0.199. The quantitative estimate of drug-likeness (QED) is 0.200. The molecule has 4 heterocycles. The summed E-state index contributed by atoms with van der Waals surface area (Å²) in [5, 5.41) is 7.33. The molecule has 6 rings (SSSR count). The first-order valence-electron chi connectivity index (χ1n) is 15.3. The van der Waals surface area contributed by atoms with Crippen LogP contribution in [0.1, 0.15) is 43.2 Å². The Kier molecular flexibility index (Phi) is 10.2. The molecule has 0 spiro atoms. The second-order valence-electron chi connectivity index (χ2n) is 11.6. The molecule has 0 saturated carbocycles. The van der Waals surface area contributed by atoms with Crippen molar-refractivity contribution in [3.8, 4) is 11.5 Å². The first kappa shape index (κ1) is 30.4. The zero-order chi connectivity index (χ0) is 30.2. The molecular formula is C33H44N6O4. The molecule has 2 saturated heterocycles. The summed E-state index contributed by atoms with van der Waals surface area (Å²) in [6.45, 7) is 6.43. The maximum absolute atomic E-state index is 12.5. The van der Waals surface area contributed by atoms with Crippen LogP contribution in [0.15, 0.2) is 48.8 Å². The molecular weight excluding hydrogens is 544 g/mol. The molecule has 2 aromatic carbocycles. The molecule has 0 bridgehead atoms. The van der Waals surface area contributed by atoms with Gasteiger partial charge in [0.25, 0.3) is 0 Å². The van der Waals surface area contributed by atoms with Crippen LogP contribution in [0.2, 0.25) is 0 Å². The third kappa shape index (κ3) is 7.88. The Morgan fingerprint density at radius 2 is 1.44 bits per heavy atom. The molecule has 10 nitrogen and oxygen atoms in total. The van der Waals surface area contributed by atoms with Crippen LogP contribution in [0.3, 0.4) is 0 Å². The van der Waals surface area contributed by atoms with Gasteiger partial charge in [-0.2, -0.15) is 0 Å². The largest absolute Gasteiger partial charge is 0.412 e. The fourth-order valence-electron chi connectivity index (χ4n) is 5.97. The highest BCUT2D eigenvalue weighted by Gasteiger charge is 2.23. The average molecular weight is 589 g/mol. The van der Waals surface area contributed by atoms with E-state index in [1.165, 1.54) is 38.8 Å². The summed E-state index contributed by atoms with van der Waals surface area (Å²) >= 11 is 0. The van der Waals surface area contributed by atoms with Gasteiger partial charge < -0.3 is 39.9 Å². The van der Waals surface area contributed by atoms with E-state index in [1.807, 2.05) is 49.6 Å². The van der Waals surface area contributed by atoms with Crippen molar-refractivity contribution in [2.24, 2.45) is 0 Å². The van der Waals surface area contributed by atoms with Crippen molar-refractivity contribution in [3.63, 3.8) is 0 Å². The highest BCUT2D eigenvalue weighted by Crippen LogP contribution is 2.32. The van der Waals surface area contributed by atoms with Gasteiger partial charge in [-0.15, -0.1) is 0 Å². The third-order valence-corrected chi connectivity index (χ3v) is 8.37. The number of hydrogen-bond donors (Lipinski definition) is 4. The van der Waals surface area contributed by atoms with E-state index in [0.29, 0.717) is 37.1 Å². The van der Waals surface area contributed by atoms with Crippen molar-refractivity contribution < 1.29 is 19.1 Å². The number of amides is 2. The van der Waals surface area contributed by atoms with Crippen LogP contribution in [-0.4, -0.2) is 84.8 Å². The number of aromatic nitrogens is 2. The number of fused-ring (bicyclic) bond motifs is 2. The predicted octanol–water partition coefficient (Wildman–Crippen LogP) is 5.57. The minimum Gasteiger partial charge on any atom is -0.410 e. The van der Waals surface area contributed by atoms with Gasteiger partial charge >= 0.3 is 12.2 Å². The smallest absolute Gasteiger partial charge is 0.410 e. The minimum absolute atomic E-state index is 0.355. The van der Waals surface area contributed by atoms with Crippen LogP contribution in [0.25, 0.3) is 21.8 Å². The second-order valence-corrected chi connectivity index (χ2v) is 11.6. The predicted molar refractivity (Wildman–Crippen MR) is 170 cm³/mol. The molecule has 2 amide bonds. The second kappa shape index (κ2) is 14.4. The molecule has 0 radical (unpaired) electrons. The Balaban J connectivity index is 0.000000548. The van der Waals surface area contributed by atoms with E-state index in [2.05, 4.69) is 44.5 Å². The fourth-order valence-corrected chi connectivity index (χ4v) is 5.97. The number of likely N-dealkylation sites (N-methyl/N-ethyl adjacent to an activating group) is 1. The zero-order valence-electron chi connectivity index (χ0n) is 25.5. The van der Waals surface area contributed by atoms with E-state index >= 15 is 0 Å². The Hall–Kier alpha value is -4.02. The van der Waals surface area contributed by atoms with Crippen molar-refractivity contribution in [2.75, 3.05) is 46.8 Å². The fraction of sp³-hybridized carbons (Fsp3) is 0.455. The molecule has 4 aromatic rings. The average Bonchev–Trinajstić information content (AvgIpc) is 3.80. The Morgan fingerprint density at radius 3 is 2.02 bits per heavy atom. The number of carbonyl (C=O) groups excluding carboxylic acids is 2. The van der Waals surface area contributed by atoms with Gasteiger partial charge in [-0.05, 0) is 115 Å². The molecule has 1 atom stereocenters. The van der Waals surface area contributed by atoms with E-state index in [9.17, 15) is 9.59 Å². The molecule has 1 unspecified atom stereocenters. The Labute approximate surface area is 253 Å². The highest BCUT2D eigenvalue weighted by molar-refractivity contribution is 5.92. The number of nitrogens with one attached hydrogen (secondary N) is 4. The zero-order valence-corrected chi connectivity index (χ0v) is 25.5. The molecule has 2 aliphatic heterocycles. The van der Waals surface area contributed by atoms with Gasteiger partial charge in [0.1, 0.15) is 11.5 Å². The van der Waals surface area contributed by atoms with Gasteiger partial charge in [0.15, 0.2) is 0 Å². The number of hydrogen-bond acceptors (Lipinski definition) is 6. The van der Waals surface area contributed by atoms with E-state index in [-0.39, 0.29) is 0 Å². The number of carbonyl (C=O) groups is 2. The molecule has 230 valence electrons. The first-order chi connectivity index (χ1) is 20.9. The maximum atomic E-state index is 12.5. The van der Waals surface area contributed by atoms with Gasteiger partial charge in [-0.25, -0.2) is 9.59 Å². The van der Waals surface area contributed by atoms with E-state index in [0.717, 1.165) is 45.9 Å². The van der Waals surface area contributed by atoms with E-state index < -0.39 is 12.2 Å². The number of rotatable bonds is 8. The van der Waals surface area contributed by atoms with Crippen molar-refractivity contribution in [1.29, 1.82) is 0 Å². The van der Waals surface area contributed by atoms with Crippen LogP contribution >= 0.6 is 0 Å². The summed E-state index contributed by atoms with van der Waals surface area (Å²) in [7, 11) is 4.34. The summed E-state index contributed by atoms with van der Waals surface area (Å²) < 4.78 is 11.2. The standard InChI is InChI=1S/C28H33N5O4.C5H11N/c1-18-16-31-21-8-3-10-23(25(18)21)36-27(34)29-12-6-13-30-28(35)37-24-11-4-9-22-26(24)19(17-32-22)15-20-7-5-14-33(20)2;1-6-4-2-3-5-6/h3-4,8-11,16-17,20,31-32H,5-7,12-15H2,1-2H3,(H,29,34)(H,30,35);2-5H2,1H3. The molecule has 4 N–H and O–H groups in total. The summed E-state index contributed by atoms with van der Waals surface area (Å²) in [5.41, 5.74) is 4.04. The lowest BCUT2D eigenvalue weighted by Crippen LogP contribution is -2.32. The molecule has 0 aliphatic carbocycles. The summed E-state index contributed by atoms with van der Waals surface area (Å²) in [4.78, 5) is 35.9. The minimum atomic E-state index is -0.532. The van der Waals surface area contributed by atoms with E-state index in [4.69, 9.17) is 9.47 Å². The third-order valence-electron chi connectivity index (χ3n) is 8.37. The number of likely N-dealkylation sites (tertiary alicyclic amines) is 2. The number of aromatic amines is 2. The van der Waals surface area contributed by atoms with Gasteiger partial charge in [-0.3, -0.25) is 0 Å². The van der Waals surface area contributed by atoms with Gasteiger partial charge in [0, 0.05) is 53.3 Å². The number of aryl methyl sites for hydroxylation is 1. The van der Waals surface area contributed by atoms with Gasteiger partial charge in [0.05, 0.1) is 0 Å². The van der Waals surface area contributed by atoms with Crippen LogP contribution in [-0.2, 0) is 6.42 Å². The summed E-state index contributed by atoms with van der Waals surface area (Å²) in [6, 6.07) is 11.7. The van der Waals surface area contributed by atoms with Crippen LogP contribution in [0.5, 0.6) is 11.5 Å². The molecule has 2 aromatic heterocycles. The van der Waals surface area contributed by atoms with Crippen LogP contribution < -0.4 is 20.1 Å². The summed E-state index contributed by atoms with van der Waals surface area (Å²) in [6.07, 6.45) is 9.51. The normalized spacial score (nSPS) is 17.1. The summed E-state index contributed by atoms with van der Waals surface area (Å²) in [5.74, 6) is 1.05. The number of ether oxygens (including phenoxy) is 2. The monoisotopic (exact) mass is 588 g/mol. The van der Waals surface area contributed by atoms with Crippen molar-refractivity contribution in [3.05, 3.63) is 59.9 Å². The van der Waals surface area contributed by atoms with E-state index in [1.54, 1.807) is 6.07 Å². The maximum Gasteiger partial charge on any atom is 0.412 e. The first-order valence-corrected chi connectivity index (χ1v) is 15.3.